The largest absolute Gasteiger partial charge is 0.456 e. The Morgan fingerprint density at radius 2 is 2.14 bits per heavy atom. The number of hydrogen-bond acceptors (Lipinski definition) is 4. The number of nitrogens with two attached hydrogens (primary N) is 1. The van der Waals surface area contributed by atoms with Gasteiger partial charge in [0.2, 0.25) is 0 Å². The van der Waals surface area contributed by atoms with E-state index in [1.807, 2.05) is 6.07 Å². The molecule has 1 aromatic carbocycles. The van der Waals surface area contributed by atoms with E-state index in [-0.39, 0.29) is 11.7 Å². The van der Waals surface area contributed by atoms with Crippen LogP contribution in [-0.2, 0) is 6.54 Å². The second-order valence-electron chi connectivity index (χ2n) is 4.76. The fourth-order valence-electron chi connectivity index (χ4n) is 1.97. The van der Waals surface area contributed by atoms with Gasteiger partial charge in [-0.25, -0.2) is 0 Å². The average molecular weight is 287 g/mol. The number of aryl methyl sites for hydroxylation is 1. The van der Waals surface area contributed by atoms with E-state index in [1.165, 1.54) is 0 Å². The molecule has 0 saturated carbocycles. The molecule has 1 aromatic heterocycles. The van der Waals surface area contributed by atoms with E-state index in [1.54, 1.807) is 49.2 Å². The quantitative estimate of drug-likeness (QED) is 0.389. The summed E-state index contributed by atoms with van der Waals surface area (Å²) in [4.78, 5) is 13.7. The van der Waals surface area contributed by atoms with Crippen molar-refractivity contribution in [2.75, 3.05) is 7.05 Å². The van der Waals surface area contributed by atoms with E-state index in [4.69, 9.17) is 15.4 Å². The van der Waals surface area contributed by atoms with Crippen molar-refractivity contribution in [3.8, 4) is 0 Å². The summed E-state index contributed by atoms with van der Waals surface area (Å²) in [5.41, 5.74) is 7.03. The number of amidine groups is 1. The van der Waals surface area contributed by atoms with Crippen molar-refractivity contribution < 1.29 is 14.4 Å². The van der Waals surface area contributed by atoms with Crippen molar-refractivity contribution in [2.45, 2.75) is 13.5 Å². The molecule has 21 heavy (non-hydrogen) atoms. The van der Waals surface area contributed by atoms with E-state index in [9.17, 15) is 4.79 Å². The molecule has 6 heteroatoms. The Kier molecular flexibility index (Phi) is 4.27. The highest BCUT2D eigenvalue weighted by Crippen LogP contribution is 2.12. The van der Waals surface area contributed by atoms with Gasteiger partial charge in [0.1, 0.15) is 5.76 Å². The molecule has 110 valence electrons. The molecule has 3 N–H and O–H groups in total. The zero-order valence-corrected chi connectivity index (χ0v) is 11.9. The molecule has 0 unspecified atom stereocenters. The third-order valence-corrected chi connectivity index (χ3v) is 3.05. The van der Waals surface area contributed by atoms with Crippen molar-refractivity contribution in [2.24, 2.45) is 10.9 Å². The predicted molar refractivity (Wildman–Crippen MR) is 78.2 cm³/mol. The molecule has 0 bridgehead atoms. The number of furan rings is 1. The first-order valence-electron chi connectivity index (χ1n) is 6.40. The Labute approximate surface area is 122 Å². The lowest BCUT2D eigenvalue weighted by atomic mass is 10.1. The van der Waals surface area contributed by atoms with Crippen LogP contribution in [0.25, 0.3) is 0 Å². The first kappa shape index (κ1) is 14.6. The van der Waals surface area contributed by atoms with Crippen LogP contribution in [0, 0.1) is 6.92 Å². The van der Waals surface area contributed by atoms with Gasteiger partial charge in [0.15, 0.2) is 11.6 Å². The Morgan fingerprint density at radius 3 is 2.76 bits per heavy atom. The Balaban J connectivity index is 2.12. The van der Waals surface area contributed by atoms with Crippen LogP contribution in [0.2, 0.25) is 0 Å². The van der Waals surface area contributed by atoms with Crippen molar-refractivity contribution in [1.82, 2.24) is 4.90 Å². The molecule has 0 aliphatic carbocycles. The highest BCUT2D eigenvalue weighted by Gasteiger charge is 2.15. The van der Waals surface area contributed by atoms with Gasteiger partial charge in [-0.3, -0.25) is 4.79 Å². The number of rotatable bonds is 4. The topological polar surface area (TPSA) is 92.1 Å². The number of oxime groups is 1. The number of amides is 1. The average Bonchev–Trinajstić information content (AvgIpc) is 2.92. The SMILES string of the molecule is Cc1ccc(C(=O)N(C)Cc2cccc(C(N)=NO)c2)o1. The van der Waals surface area contributed by atoms with Crippen LogP contribution in [0.4, 0.5) is 0 Å². The fraction of sp³-hybridized carbons (Fsp3) is 0.200. The third kappa shape index (κ3) is 3.42. The lowest BCUT2D eigenvalue weighted by Gasteiger charge is -2.16. The monoisotopic (exact) mass is 287 g/mol. The van der Waals surface area contributed by atoms with Gasteiger partial charge in [-0.1, -0.05) is 23.4 Å². The predicted octanol–water partition coefficient (Wildman–Crippen LogP) is 1.95. The molecule has 0 aliphatic rings. The van der Waals surface area contributed by atoms with Crippen molar-refractivity contribution in [3.05, 3.63) is 59.0 Å². The Hall–Kier alpha value is -2.76. The van der Waals surface area contributed by atoms with Crippen LogP contribution < -0.4 is 5.73 Å². The number of hydrogen-bond donors (Lipinski definition) is 2. The zero-order chi connectivity index (χ0) is 15.4. The number of carbonyl (C=O) groups is 1. The summed E-state index contributed by atoms with van der Waals surface area (Å²) >= 11 is 0. The van der Waals surface area contributed by atoms with Crippen LogP contribution in [0.5, 0.6) is 0 Å². The lowest BCUT2D eigenvalue weighted by Crippen LogP contribution is -2.26. The van der Waals surface area contributed by atoms with E-state index in [2.05, 4.69) is 5.16 Å². The second kappa shape index (κ2) is 6.13. The van der Waals surface area contributed by atoms with Crippen LogP contribution in [0.15, 0.2) is 46.0 Å². The summed E-state index contributed by atoms with van der Waals surface area (Å²) in [6, 6.07) is 10.6. The molecule has 6 nitrogen and oxygen atoms in total. The summed E-state index contributed by atoms with van der Waals surface area (Å²) in [5.74, 6) is 0.841. The minimum Gasteiger partial charge on any atom is -0.456 e. The van der Waals surface area contributed by atoms with E-state index >= 15 is 0 Å². The van der Waals surface area contributed by atoms with Crippen LogP contribution in [0.3, 0.4) is 0 Å². The normalized spacial score (nSPS) is 11.4. The highest BCUT2D eigenvalue weighted by molar-refractivity contribution is 5.97. The van der Waals surface area contributed by atoms with Gasteiger partial charge in [-0.05, 0) is 30.7 Å². The summed E-state index contributed by atoms with van der Waals surface area (Å²) < 4.78 is 5.32. The van der Waals surface area contributed by atoms with Gasteiger partial charge in [-0.15, -0.1) is 0 Å². The maximum Gasteiger partial charge on any atom is 0.289 e. The third-order valence-electron chi connectivity index (χ3n) is 3.05. The number of nitrogens with zero attached hydrogens (tertiary/aromatic N) is 2. The second-order valence-corrected chi connectivity index (χ2v) is 4.76. The standard InChI is InChI=1S/C15H17N3O3/c1-10-6-7-13(21-10)15(19)18(2)9-11-4-3-5-12(8-11)14(16)17-20/h3-8,20H,9H2,1-2H3,(H2,16,17). The molecule has 2 aromatic rings. The van der Waals surface area contributed by atoms with Gasteiger partial charge in [0.05, 0.1) is 0 Å². The molecule has 1 amide bonds. The molecular weight excluding hydrogens is 270 g/mol. The van der Waals surface area contributed by atoms with Crippen molar-refractivity contribution in [1.29, 1.82) is 0 Å². The lowest BCUT2D eigenvalue weighted by molar-refractivity contribution is 0.0752. The smallest absolute Gasteiger partial charge is 0.289 e. The molecule has 0 atom stereocenters. The van der Waals surface area contributed by atoms with Gasteiger partial charge < -0.3 is 20.3 Å². The minimum atomic E-state index is -0.197. The molecule has 0 spiro atoms. The Bertz CT molecular complexity index is 676. The molecule has 0 saturated heterocycles. The molecule has 1 heterocycles. The molecule has 0 radical (unpaired) electrons. The van der Waals surface area contributed by atoms with Crippen LogP contribution in [0.1, 0.15) is 27.4 Å². The first-order valence-corrected chi connectivity index (χ1v) is 6.40. The first-order chi connectivity index (χ1) is 10.0. The molecular formula is C15H17N3O3. The maximum absolute atomic E-state index is 12.2. The van der Waals surface area contributed by atoms with Crippen LogP contribution >= 0.6 is 0 Å². The summed E-state index contributed by atoms with van der Waals surface area (Å²) in [5, 5.41) is 11.6. The van der Waals surface area contributed by atoms with Crippen LogP contribution in [-0.4, -0.2) is 28.9 Å². The summed E-state index contributed by atoms with van der Waals surface area (Å²) in [6.07, 6.45) is 0. The van der Waals surface area contributed by atoms with Gasteiger partial charge >= 0.3 is 0 Å². The van der Waals surface area contributed by atoms with Gasteiger partial charge in [-0.2, -0.15) is 0 Å². The molecule has 0 fully saturated rings. The van der Waals surface area contributed by atoms with Gasteiger partial charge in [0.25, 0.3) is 5.91 Å². The summed E-state index contributed by atoms with van der Waals surface area (Å²) in [6.45, 7) is 2.18. The van der Waals surface area contributed by atoms with Gasteiger partial charge in [0, 0.05) is 19.2 Å². The molecule has 0 aliphatic heterocycles. The van der Waals surface area contributed by atoms with E-state index < -0.39 is 0 Å². The zero-order valence-electron chi connectivity index (χ0n) is 11.9. The highest BCUT2D eigenvalue weighted by atomic mass is 16.4. The molecule has 2 rings (SSSR count). The van der Waals surface area contributed by atoms with E-state index in [0.29, 0.717) is 23.6 Å². The maximum atomic E-state index is 12.2. The Morgan fingerprint density at radius 1 is 1.38 bits per heavy atom. The van der Waals surface area contributed by atoms with E-state index in [0.717, 1.165) is 5.56 Å². The number of benzene rings is 1. The summed E-state index contributed by atoms with van der Waals surface area (Å²) in [7, 11) is 1.69. The number of carbonyl (C=O) groups excluding carboxylic acids is 1. The fourth-order valence-corrected chi connectivity index (χ4v) is 1.97. The van der Waals surface area contributed by atoms with Crippen molar-refractivity contribution in [3.63, 3.8) is 0 Å². The minimum absolute atomic E-state index is 0.0347. The van der Waals surface area contributed by atoms with Crippen molar-refractivity contribution >= 4 is 11.7 Å².